The van der Waals surface area contributed by atoms with E-state index in [-0.39, 0.29) is 6.04 Å². The normalized spacial score (nSPS) is 12.8. The number of hydrogen-bond donors (Lipinski definition) is 2. The molecule has 0 saturated carbocycles. The molecule has 0 spiro atoms. The summed E-state index contributed by atoms with van der Waals surface area (Å²) in [5, 5.41) is 3.25. The van der Waals surface area contributed by atoms with Crippen molar-refractivity contribution in [2.24, 2.45) is 5.73 Å². The summed E-state index contributed by atoms with van der Waals surface area (Å²) in [5.41, 5.74) is 6.98. The van der Waals surface area contributed by atoms with Crippen LogP contribution in [0.5, 0.6) is 0 Å². The summed E-state index contributed by atoms with van der Waals surface area (Å²) < 4.78 is 0. The van der Waals surface area contributed by atoms with Crippen LogP contribution in [0.3, 0.4) is 0 Å². The Morgan fingerprint density at radius 1 is 1.38 bits per heavy atom. The molecule has 0 aliphatic carbocycles. The molecule has 1 aromatic rings. The summed E-state index contributed by atoms with van der Waals surface area (Å²) in [5.74, 6) is 1.29. The molecule has 0 aromatic carbocycles. The number of rotatable bonds is 6. The van der Waals surface area contributed by atoms with Crippen molar-refractivity contribution >= 4 is 5.82 Å². The Labute approximate surface area is 97.7 Å². The number of anilines is 1. The van der Waals surface area contributed by atoms with Crippen molar-refractivity contribution in [3.8, 4) is 0 Å². The zero-order valence-corrected chi connectivity index (χ0v) is 10.4. The van der Waals surface area contributed by atoms with E-state index in [9.17, 15) is 0 Å². The lowest BCUT2D eigenvalue weighted by atomic mass is 10.1. The van der Waals surface area contributed by atoms with Crippen molar-refractivity contribution in [1.29, 1.82) is 0 Å². The molecule has 0 fully saturated rings. The smallest absolute Gasteiger partial charge is 0.129 e. The standard InChI is InChI=1S/C12H22N4/c1-4-5-10(13)7-14-12-6-11(9(2)3)15-8-16-12/h6,8-10H,4-5,7,13H2,1-3H3,(H,14,15,16). The predicted octanol–water partition coefficient (Wildman–Crippen LogP) is 2.14. The van der Waals surface area contributed by atoms with Crippen LogP contribution in [-0.2, 0) is 0 Å². The second-order valence-electron chi connectivity index (χ2n) is 4.41. The van der Waals surface area contributed by atoms with Crippen molar-refractivity contribution in [3.63, 3.8) is 0 Å². The zero-order chi connectivity index (χ0) is 12.0. The van der Waals surface area contributed by atoms with Gasteiger partial charge >= 0.3 is 0 Å². The second kappa shape index (κ2) is 6.43. The van der Waals surface area contributed by atoms with Crippen molar-refractivity contribution in [2.45, 2.75) is 45.6 Å². The Morgan fingerprint density at radius 3 is 2.75 bits per heavy atom. The summed E-state index contributed by atoms with van der Waals surface area (Å²) in [4.78, 5) is 8.40. The van der Waals surface area contributed by atoms with Gasteiger partial charge in [-0.05, 0) is 12.3 Å². The minimum atomic E-state index is 0.197. The monoisotopic (exact) mass is 222 g/mol. The molecule has 0 bridgehead atoms. The molecule has 1 unspecified atom stereocenters. The molecule has 4 heteroatoms. The third-order valence-corrected chi connectivity index (χ3v) is 2.48. The molecular weight excluding hydrogens is 200 g/mol. The maximum absolute atomic E-state index is 5.92. The Balaban J connectivity index is 2.50. The van der Waals surface area contributed by atoms with E-state index in [1.165, 1.54) is 0 Å². The average molecular weight is 222 g/mol. The largest absolute Gasteiger partial charge is 0.368 e. The van der Waals surface area contributed by atoms with Gasteiger partial charge in [-0.3, -0.25) is 0 Å². The Kier molecular flexibility index (Phi) is 5.19. The first kappa shape index (κ1) is 12.9. The van der Waals surface area contributed by atoms with Gasteiger partial charge in [0, 0.05) is 24.3 Å². The quantitative estimate of drug-likeness (QED) is 0.774. The van der Waals surface area contributed by atoms with E-state index in [4.69, 9.17) is 5.73 Å². The van der Waals surface area contributed by atoms with E-state index in [1.807, 2.05) is 6.07 Å². The van der Waals surface area contributed by atoms with Gasteiger partial charge in [-0.15, -0.1) is 0 Å². The molecule has 1 atom stereocenters. The number of aromatic nitrogens is 2. The van der Waals surface area contributed by atoms with Gasteiger partial charge in [0.05, 0.1) is 0 Å². The molecule has 0 amide bonds. The summed E-state index contributed by atoms with van der Waals surface area (Å²) in [6, 6.07) is 2.19. The Bertz CT molecular complexity index is 312. The first-order valence-corrected chi connectivity index (χ1v) is 5.94. The second-order valence-corrected chi connectivity index (χ2v) is 4.41. The van der Waals surface area contributed by atoms with Gasteiger partial charge in [0.25, 0.3) is 0 Å². The van der Waals surface area contributed by atoms with E-state index in [1.54, 1.807) is 6.33 Å². The highest BCUT2D eigenvalue weighted by Crippen LogP contribution is 2.13. The fourth-order valence-corrected chi connectivity index (χ4v) is 1.49. The van der Waals surface area contributed by atoms with Crippen molar-refractivity contribution in [1.82, 2.24) is 9.97 Å². The van der Waals surface area contributed by atoms with Crippen LogP contribution in [0.2, 0.25) is 0 Å². The van der Waals surface area contributed by atoms with Gasteiger partial charge in [0.15, 0.2) is 0 Å². The average Bonchev–Trinajstić information content (AvgIpc) is 2.27. The topological polar surface area (TPSA) is 63.8 Å². The third-order valence-electron chi connectivity index (χ3n) is 2.48. The molecule has 90 valence electrons. The van der Waals surface area contributed by atoms with E-state index >= 15 is 0 Å². The number of hydrogen-bond acceptors (Lipinski definition) is 4. The molecule has 3 N–H and O–H groups in total. The predicted molar refractivity (Wildman–Crippen MR) is 67.5 cm³/mol. The molecule has 0 radical (unpaired) electrons. The van der Waals surface area contributed by atoms with Crippen LogP contribution in [-0.4, -0.2) is 22.6 Å². The van der Waals surface area contributed by atoms with Crippen LogP contribution < -0.4 is 11.1 Å². The van der Waals surface area contributed by atoms with Crippen LogP contribution in [0.25, 0.3) is 0 Å². The molecule has 4 nitrogen and oxygen atoms in total. The first-order chi connectivity index (χ1) is 7.63. The zero-order valence-electron chi connectivity index (χ0n) is 10.4. The van der Waals surface area contributed by atoms with Gasteiger partial charge in [-0.25, -0.2) is 9.97 Å². The van der Waals surface area contributed by atoms with Crippen LogP contribution in [0, 0.1) is 0 Å². The van der Waals surface area contributed by atoms with Gasteiger partial charge in [0.1, 0.15) is 12.1 Å². The minimum Gasteiger partial charge on any atom is -0.368 e. The van der Waals surface area contributed by atoms with Crippen molar-refractivity contribution < 1.29 is 0 Å². The first-order valence-electron chi connectivity index (χ1n) is 5.94. The lowest BCUT2D eigenvalue weighted by Gasteiger charge is -2.12. The van der Waals surface area contributed by atoms with Crippen LogP contribution >= 0.6 is 0 Å². The number of nitrogens with zero attached hydrogens (tertiary/aromatic N) is 2. The van der Waals surface area contributed by atoms with Gasteiger partial charge in [-0.1, -0.05) is 27.2 Å². The van der Waals surface area contributed by atoms with E-state index in [2.05, 4.69) is 36.1 Å². The van der Waals surface area contributed by atoms with Crippen molar-refractivity contribution in [3.05, 3.63) is 18.1 Å². The van der Waals surface area contributed by atoms with Gasteiger partial charge in [-0.2, -0.15) is 0 Å². The molecule has 1 rings (SSSR count). The number of nitrogens with one attached hydrogen (secondary N) is 1. The van der Waals surface area contributed by atoms with E-state index in [0.717, 1.165) is 30.9 Å². The highest BCUT2D eigenvalue weighted by Gasteiger charge is 2.04. The molecule has 0 saturated heterocycles. The van der Waals surface area contributed by atoms with E-state index in [0.29, 0.717) is 5.92 Å². The molecule has 1 heterocycles. The minimum absolute atomic E-state index is 0.197. The van der Waals surface area contributed by atoms with Gasteiger partial charge < -0.3 is 11.1 Å². The van der Waals surface area contributed by atoms with E-state index < -0.39 is 0 Å². The fraction of sp³-hybridized carbons (Fsp3) is 0.667. The summed E-state index contributed by atoms with van der Waals surface area (Å²) in [6.07, 6.45) is 3.75. The van der Waals surface area contributed by atoms with Gasteiger partial charge in [0.2, 0.25) is 0 Å². The SMILES string of the molecule is CCCC(N)CNc1cc(C(C)C)ncn1. The third kappa shape index (κ3) is 4.14. The molecule has 0 aliphatic heterocycles. The molecule has 0 aliphatic rings. The molecule has 1 aromatic heterocycles. The lowest BCUT2D eigenvalue weighted by Crippen LogP contribution is -2.29. The lowest BCUT2D eigenvalue weighted by molar-refractivity contribution is 0.626. The Hall–Kier alpha value is -1.16. The summed E-state index contributed by atoms with van der Waals surface area (Å²) in [7, 11) is 0. The maximum Gasteiger partial charge on any atom is 0.129 e. The van der Waals surface area contributed by atoms with Crippen LogP contribution in [0.4, 0.5) is 5.82 Å². The fourth-order valence-electron chi connectivity index (χ4n) is 1.49. The van der Waals surface area contributed by atoms with Crippen molar-refractivity contribution in [2.75, 3.05) is 11.9 Å². The Morgan fingerprint density at radius 2 is 2.12 bits per heavy atom. The maximum atomic E-state index is 5.92. The molecule has 16 heavy (non-hydrogen) atoms. The number of nitrogens with two attached hydrogens (primary N) is 1. The molecular formula is C12H22N4. The van der Waals surface area contributed by atoms with Crippen LogP contribution in [0.1, 0.15) is 45.2 Å². The summed E-state index contributed by atoms with van der Waals surface area (Å²) >= 11 is 0. The highest BCUT2D eigenvalue weighted by molar-refractivity contribution is 5.35. The summed E-state index contributed by atoms with van der Waals surface area (Å²) in [6.45, 7) is 7.15. The highest BCUT2D eigenvalue weighted by atomic mass is 15.0. The van der Waals surface area contributed by atoms with Crippen LogP contribution in [0.15, 0.2) is 12.4 Å².